The molecule has 1 saturated heterocycles. The van der Waals surface area contributed by atoms with Crippen LogP contribution in [0.25, 0.3) is 0 Å². The molecule has 2 amide bonds. The van der Waals surface area contributed by atoms with Gasteiger partial charge in [0.05, 0.1) is 10.6 Å². The number of anilines is 2. The van der Waals surface area contributed by atoms with Crippen LogP contribution in [0.4, 0.5) is 11.4 Å². The molecule has 2 aromatic carbocycles. The molecule has 0 aliphatic carbocycles. The van der Waals surface area contributed by atoms with Crippen molar-refractivity contribution in [1.29, 1.82) is 0 Å². The molecule has 2 aromatic rings. The molecule has 8 nitrogen and oxygen atoms in total. The van der Waals surface area contributed by atoms with Gasteiger partial charge >= 0.3 is 0 Å². The number of fused-ring (bicyclic) bond motifs is 1. The van der Waals surface area contributed by atoms with Crippen molar-refractivity contribution in [3.05, 3.63) is 47.0 Å². The third-order valence-corrected chi connectivity index (χ3v) is 8.02. The molecule has 0 bridgehead atoms. The first-order chi connectivity index (χ1) is 15.1. The van der Waals surface area contributed by atoms with Crippen molar-refractivity contribution < 1.29 is 22.7 Å². The summed E-state index contributed by atoms with van der Waals surface area (Å²) in [6.45, 7) is 3.76. The summed E-state index contributed by atoms with van der Waals surface area (Å²) in [5, 5.41) is 6.10. The minimum Gasteiger partial charge on any atom is -0.479 e. The Morgan fingerprint density at radius 1 is 1.22 bits per heavy atom. The number of ether oxygens (including phenoxy) is 1. The molecule has 10 heteroatoms. The molecule has 170 valence electrons. The summed E-state index contributed by atoms with van der Waals surface area (Å²) in [6, 6.07) is 9.98. The van der Waals surface area contributed by atoms with Gasteiger partial charge in [-0.1, -0.05) is 17.7 Å². The maximum absolute atomic E-state index is 13.3. The first-order valence-corrected chi connectivity index (χ1v) is 12.2. The van der Waals surface area contributed by atoms with E-state index >= 15 is 0 Å². The molecule has 32 heavy (non-hydrogen) atoms. The van der Waals surface area contributed by atoms with Crippen LogP contribution < -0.4 is 15.4 Å². The summed E-state index contributed by atoms with van der Waals surface area (Å²) in [5.41, 5.74) is 1.59. The predicted molar refractivity (Wildman–Crippen MR) is 121 cm³/mol. The number of nitrogens with one attached hydrogen (secondary N) is 2. The van der Waals surface area contributed by atoms with Gasteiger partial charge in [-0.2, -0.15) is 4.31 Å². The number of amides is 2. The topological polar surface area (TPSA) is 105 Å². The van der Waals surface area contributed by atoms with Crippen LogP contribution in [-0.4, -0.2) is 43.7 Å². The number of nitrogens with zero attached hydrogens (tertiary/aromatic N) is 1. The largest absolute Gasteiger partial charge is 0.479 e. The Balaban J connectivity index is 1.46. The molecule has 4 rings (SSSR count). The molecular formula is C22H24ClN3O5S. The van der Waals surface area contributed by atoms with E-state index in [1.54, 1.807) is 44.2 Å². The van der Waals surface area contributed by atoms with Gasteiger partial charge in [0.2, 0.25) is 15.9 Å². The number of halogens is 1. The van der Waals surface area contributed by atoms with E-state index in [-0.39, 0.29) is 35.7 Å². The molecule has 0 spiro atoms. The predicted octanol–water partition coefficient (Wildman–Crippen LogP) is 3.41. The number of carbonyl (C=O) groups excluding carboxylic acids is 2. The van der Waals surface area contributed by atoms with E-state index in [0.29, 0.717) is 40.6 Å². The Labute approximate surface area is 191 Å². The zero-order chi connectivity index (χ0) is 23.0. The average molecular weight is 478 g/mol. The fourth-order valence-electron chi connectivity index (χ4n) is 3.93. The molecule has 2 aliphatic rings. The monoisotopic (exact) mass is 477 g/mol. The van der Waals surface area contributed by atoms with Crippen LogP contribution in [0.3, 0.4) is 0 Å². The molecule has 2 heterocycles. The van der Waals surface area contributed by atoms with Crippen molar-refractivity contribution in [1.82, 2.24) is 4.31 Å². The summed E-state index contributed by atoms with van der Waals surface area (Å²) in [5.74, 6) is -0.375. The second kappa shape index (κ2) is 8.73. The summed E-state index contributed by atoms with van der Waals surface area (Å²) in [6.07, 6.45) is 0.132. The minimum atomic E-state index is -3.78. The Kier molecular flexibility index (Phi) is 6.15. The third kappa shape index (κ3) is 4.46. The molecule has 2 aliphatic heterocycles. The van der Waals surface area contributed by atoms with Crippen LogP contribution in [0.15, 0.2) is 41.3 Å². The van der Waals surface area contributed by atoms with Crippen LogP contribution in [0, 0.1) is 12.8 Å². The highest BCUT2D eigenvalue weighted by Crippen LogP contribution is 2.36. The second-order valence-corrected chi connectivity index (χ2v) is 10.4. The number of rotatable bonds is 4. The molecule has 1 atom stereocenters. The van der Waals surface area contributed by atoms with Gasteiger partial charge in [0.1, 0.15) is 5.75 Å². The molecule has 0 saturated carbocycles. The van der Waals surface area contributed by atoms with Crippen LogP contribution in [-0.2, 0) is 19.6 Å². The molecule has 0 radical (unpaired) electrons. The van der Waals surface area contributed by atoms with Crippen molar-refractivity contribution in [3.63, 3.8) is 0 Å². The zero-order valence-electron chi connectivity index (χ0n) is 17.7. The summed E-state index contributed by atoms with van der Waals surface area (Å²) >= 11 is 5.96. The van der Waals surface area contributed by atoms with Gasteiger partial charge in [-0.3, -0.25) is 9.59 Å². The quantitative estimate of drug-likeness (QED) is 0.702. The number of sulfonamides is 1. The molecule has 2 N–H and O–H groups in total. The fourth-order valence-corrected chi connectivity index (χ4v) is 5.81. The number of piperidine rings is 1. The lowest BCUT2D eigenvalue weighted by atomic mass is 9.97. The van der Waals surface area contributed by atoms with E-state index in [4.69, 9.17) is 16.3 Å². The first-order valence-electron chi connectivity index (χ1n) is 10.3. The van der Waals surface area contributed by atoms with Crippen molar-refractivity contribution in [2.75, 3.05) is 23.7 Å². The smallest absolute Gasteiger partial charge is 0.265 e. The van der Waals surface area contributed by atoms with E-state index in [0.717, 1.165) is 0 Å². The van der Waals surface area contributed by atoms with Crippen LogP contribution in [0.1, 0.15) is 25.3 Å². The average Bonchev–Trinajstić information content (AvgIpc) is 2.74. The normalized spacial score (nSPS) is 19.6. The van der Waals surface area contributed by atoms with E-state index in [2.05, 4.69) is 10.6 Å². The van der Waals surface area contributed by atoms with Gasteiger partial charge in [0.15, 0.2) is 6.10 Å². The van der Waals surface area contributed by atoms with Gasteiger partial charge in [-0.25, -0.2) is 8.42 Å². The van der Waals surface area contributed by atoms with Crippen LogP contribution in [0.2, 0.25) is 5.02 Å². The number of hydrogen-bond acceptors (Lipinski definition) is 5. The lowest BCUT2D eigenvalue weighted by Gasteiger charge is -2.31. The number of aryl methyl sites for hydroxylation is 1. The highest BCUT2D eigenvalue weighted by atomic mass is 35.5. The second-order valence-electron chi connectivity index (χ2n) is 8.04. The van der Waals surface area contributed by atoms with Gasteiger partial charge < -0.3 is 15.4 Å². The zero-order valence-corrected chi connectivity index (χ0v) is 19.3. The minimum absolute atomic E-state index is 0.140. The maximum atomic E-state index is 13.3. The van der Waals surface area contributed by atoms with Crippen molar-refractivity contribution in [2.45, 2.75) is 37.7 Å². The molecule has 1 fully saturated rings. The highest BCUT2D eigenvalue weighted by molar-refractivity contribution is 7.89. The standard InChI is InChI=1S/C22H24ClN3O5S/c1-13-10-18-19(31-14(2)21(27)25-18)12-20(13)32(29,30)26-8-6-15(7-9-26)22(28)24-17-5-3-4-16(23)11-17/h3-5,10-12,14-15H,6-9H2,1-2H3,(H,24,28)(H,25,27)/t14-/m0/s1. The van der Waals surface area contributed by atoms with Gasteiger partial charge in [0, 0.05) is 35.8 Å². The van der Waals surface area contributed by atoms with E-state index in [1.807, 2.05) is 0 Å². The summed E-state index contributed by atoms with van der Waals surface area (Å²) in [4.78, 5) is 24.6. The lowest BCUT2D eigenvalue weighted by Crippen LogP contribution is -2.41. The Hall–Kier alpha value is -2.62. The van der Waals surface area contributed by atoms with Gasteiger partial charge in [-0.15, -0.1) is 0 Å². The SMILES string of the molecule is Cc1cc2c(cc1S(=O)(=O)N1CCC(C(=O)Nc3cccc(Cl)c3)CC1)O[C@@H](C)C(=O)N2. The van der Waals surface area contributed by atoms with Crippen LogP contribution in [0.5, 0.6) is 5.75 Å². The van der Waals surface area contributed by atoms with E-state index in [1.165, 1.54) is 10.4 Å². The fraction of sp³-hybridized carbons (Fsp3) is 0.364. The molecule has 0 unspecified atom stereocenters. The Morgan fingerprint density at radius 2 is 1.94 bits per heavy atom. The number of carbonyl (C=O) groups is 2. The third-order valence-electron chi connectivity index (χ3n) is 5.74. The van der Waals surface area contributed by atoms with Crippen molar-refractivity contribution in [2.24, 2.45) is 5.92 Å². The molecular weight excluding hydrogens is 454 g/mol. The maximum Gasteiger partial charge on any atom is 0.265 e. The van der Waals surface area contributed by atoms with Crippen LogP contribution >= 0.6 is 11.6 Å². The Morgan fingerprint density at radius 3 is 2.62 bits per heavy atom. The van der Waals surface area contributed by atoms with Crippen molar-refractivity contribution in [3.8, 4) is 5.75 Å². The first kappa shape index (κ1) is 22.6. The van der Waals surface area contributed by atoms with E-state index in [9.17, 15) is 18.0 Å². The summed E-state index contributed by atoms with van der Waals surface area (Å²) < 4.78 is 33.6. The highest BCUT2D eigenvalue weighted by Gasteiger charge is 2.34. The summed E-state index contributed by atoms with van der Waals surface area (Å²) in [7, 11) is -3.78. The lowest BCUT2D eigenvalue weighted by molar-refractivity contribution is -0.123. The Bertz CT molecular complexity index is 1180. The number of benzene rings is 2. The van der Waals surface area contributed by atoms with Gasteiger partial charge in [0.25, 0.3) is 5.91 Å². The van der Waals surface area contributed by atoms with E-state index < -0.39 is 16.1 Å². The number of hydrogen-bond donors (Lipinski definition) is 2. The van der Waals surface area contributed by atoms with Crippen molar-refractivity contribution >= 4 is 44.8 Å². The molecule has 0 aromatic heterocycles. The van der Waals surface area contributed by atoms with Gasteiger partial charge in [-0.05, 0) is 56.5 Å².